The molecule has 0 aliphatic rings. The van der Waals surface area contributed by atoms with E-state index in [1.165, 1.54) is 0 Å². The summed E-state index contributed by atoms with van der Waals surface area (Å²) >= 11 is 0. The van der Waals surface area contributed by atoms with Crippen LogP contribution in [0.4, 0.5) is 0 Å². The Morgan fingerprint density at radius 2 is 1.37 bits per heavy atom. The molecule has 3 rings (SSSR count). The van der Waals surface area contributed by atoms with Gasteiger partial charge in [0.2, 0.25) is 0 Å². The molecule has 0 N–H and O–H groups in total. The first-order valence-electron chi connectivity index (χ1n) is 8.52. The van der Waals surface area contributed by atoms with E-state index < -0.39 is 0 Å². The first-order valence-corrected chi connectivity index (χ1v) is 8.52. The van der Waals surface area contributed by atoms with E-state index in [2.05, 4.69) is 6.33 Å². The molecule has 0 unspecified atom stereocenters. The van der Waals surface area contributed by atoms with Crippen LogP contribution in [-0.2, 0) is 0 Å². The van der Waals surface area contributed by atoms with Crippen molar-refractivity contribution >= 4 is 0 Å². The highest BCUT2D eigenvalue weighted by atomic mass is 16.5. The van der Waals surface area contributed by atoms with Gasteiger partial charge in [-0.3, -0.25) is 9.13 Å². The van der Waals surface area contributed by atoms with Gasteiger partial charge in [-0.2, -0.15) is 0 Å². The lowest BCUT2D eigenvalue weighted by Gasteiger charge is -2.12. The average molecular weight is 368 g/mol. The summed E-state index contributed by atoms with van der Waals surface area (Å²) in [5.74, 6) is 2.89. The molecule has 3 aromatic rings. The fraction of sp³-hybridized carbons (Fsp3) is 0.286. The molecule has 142 valence electrons. The van der Waals surface area contributed by atoms with Gasteiger partial charge in [0, 0.05) is 12.1 Å². The van der Waals surface area contributed by atoms with E-state index in [1.807, 2.05) is 59.4 Å². The quantitative estimate of drug-likeness (QED) is 0.495. The van der Waals surface area contributed by atoms with Gasteiger partial charge in [0.05, 0.1) is 39.8 Å². The van der Waals surface area contributed by atoms with Gasteiger partial charge < -0.3 is 18.9 Å². The molecule has 0 radical (unpaired) electrons. The van der Waals surface area contributed by atoms with Gasteiger partial charge in [-0.25, -0.2) is 0 Å². The van der Waals surface area contributed by atoms with Crippen molar-refractivity contribution in [2.24, 2.45) is 0 Å². The Labute approximate surface area is 159 Å². The molecule has 1 aromatic heterocycles. The SMILES string of the molecule is COc1ccc(-n2[c-][n+](-c3ccc(OC)cc3OC)c(C)c2C)c(OC)c1. The fourth-order valence-electron chi connectivity index (χ4n) is 2.98. The summed E-state index contributed by atoms with van der Waals surface area (Å²) < 4.78 is 25.6. The topological polar surface area (TPSA) is 45.7 Å². The van der Waals surface area contributed by atoms with Crippen molar-refractivity contribution in [1.29, 1.82) is 0 Å². The predicted molar refractivity (Wildman–Crippen MR) is 102 cm³/mol. The molecule has 27 heavy (non-hydrogen) atoms. The van der Waals surface area contributed by atoms with Gasteiger partial charge >= 0.3 is 0 Å². The monoisotopic (exact) mass is 368 g/mol. The lowest BCUT2D eigenvalue weighted by molar-refractivity contribution is -0.606. The van der Waals surface area contributed by atoms with Crippen LogP contribution in [0.3, 0.4) is 0 Å². The number of nitrogens with zero attached hydrogens (tertiary/aromatic N) is 2. The highest BCUT2D eigenvalue weighted by molar-refractivity contribution is 5.52. The van der Waals surface area contributed by atoms with Crippen molar-refractivity contribution in [1.82, 2.24) is 4.57 Å². The number of hydrogen-bond acceptors (Lipinski definition) is 4. The largest absolute Gasteiger partial charge is 0.500 e. The molecule has 2 aromatic carbocycles. The number of rotatable bonds is 6. The van der Waals surface area contributed by atoms with E-state index in [-0.39, 0.29) is 0 Å². The van der Waals surface area contributed by atoms with Crippen LogP contribution in [-0.4, -0.2) is 33.0 Å². The number of imidazole rings is 1. The highest BCUT2D eigenvalue weighted by Gasteiger charge is 2.18. The number of hydrogen-bond donors (Lipinski definition) is 0. The van der Waals surface area contributed by atoms with Crippen LogP contribution in [0.15, 0.2) is 36.4 Å². The standard InChI is InChI=1S/C21H24N2O4/c1-14-15(2)23(19-10-8-17(25-4)12-21(19)27-6)13-22(14)18-9-7-16(24-3)11-20(18)26-5/h7-12H,1-6H3. The molecule has 0 atom stereocenters. The van der Waals surface area contributed by atoms with Gasteiger partial charge in [0.15, 0.2) is 0 Å². The van der Waals surface area contributed by atoms with Gasteiger partial charge in [0.25, 0.3) is 6.33 Å². The van der Waals surface area contributed by atoms with Crippen LogP contribution in [0, 0.1) is 20.2 Å². The van der Waals surface area contributed by atoms with Crippen molar-refractivity contribution < 1.29 is 23.5 Å². The molecule has 6 heteroatoms. The van der Waals surface area contributed by atoms with Crippen molar-refractivity contribution in [3.05, 3.63) is 54.1 Å². The third kappa shape index (κ3) is 3.30. The third-order valence-corrected chi connectivity index (χ3v) is 4.65. The highest BCUT2D eigenvalue weighted by Crippen LogP contribution is 2.30. The molecule has 0 fully saturated rings. The smallest absolute Gasteiger partial charge is 0.269 e. The molecule has 0 aliphatic heterocycles. The maximum absolute atomic E-state index is 5.56. The first kappa shape index (κ1) is 18.6. The zero-order valence-corrected chi connectivity index (χ0v) is 16.5. The summed E-state index contributed by atoms with van der Waals surface area (Å²) in [7, 11) is 6.56. The van der Waals surface area contributed by atoms with Gasteiger partial charge in [-0.15, -0.1) is 0 Å². The maximum atomic E-state index is 5.56. The second kappa shape index (κ2) is 7.61. The van der Waals surface area contributed by atoms with Gasteiger partial charge in [-0.1, -0.05) is 0 Å². The number of aromatic nitrogens is 2. The molecule has 0 amide bonds. The second-order valence-electron chi connectivity index (χ2n) is 6.02. The Balaban J connectivity index is 2.16. The summed E-state index contributed by atoms with van der Waals surface area (Å²) in [6.45, 7) is 4.09. The summed E-state index contributed by atoms with van der Waals surface area (Å²) in [6, 6.07) is 11.4. The van der Waals surface area contributed by atoms with E-state index in [1.54, 1.807) is 28.4 Å². The zero-order chi connectivity index (χ0) is 19.6. The minimum atomic E-state index is 0.706. The molecule has 0 bridgehead atoms. The maximum Gasteiger partial charge on any atom is 0.269 e. The molecular formula is C21H24N2O4. The van der Waals surface area contributed by atoms with E-state index in [4.69, 9.17) is 18.9 Å². The van der Waals surface area contributed by atoms with Crippen LogP contribution in [0.2, 0.25) is 0 Å². The van der Waals surface area contributed by atoms with Crippen LogP contribution in [0.5, 0.6) is 23.0 Å². The van der Waals surface area contributed by atoms with Crippen LogP contribution >= 0.6 is 0 Å². The molecule has 0 aliphatic carbocycles. The van der Waals surface area contributed by atoms with E-state index >= 15 is 0 Å². The van der Waals surface area contributed by atoms with Crippen LogP contribution in [0.1, 0.15) is 11.4 Å². The summed E-state index contributed by atoms with van der Waals surface area (Å²) in [6.07, 6.45) is 3.40. The summed E-state index contributed by atoms with van der Waals surface area (Å²) in [4.78, 5) is 0. The second-order valence-corrected chi connectivity index (χ2v) is 6.02. The Morgan fingerprint density at radius 3 is 1.96 bits per heavy atom. The van der Waals surface area contributed by atoms with E-state index in [0.29, 0.717) is 11.5 Å². The van der Waals surface area contributed by atoms with E-state index in [0.717, 1.165) is 34.3 Å². The van der Waals surface area contributed by atoms with Crippen molar-refractivity contribution in [2.75, 3.05) is 28.4 Å². The molecule has 0 spiro atoms. The fourth-order valence-corrected chi connectivity index (χ4v) is 2.98. The average Bonchev–Trinajstić information content (AvgIpc) is 3.01. The Hall–Kier alpha value is -3.15. The minimum Gasteiger partial charge on any atom is -0.500 e. The van der Waals surface area contributed by atoms with E-state index in [9.17, 15) is 0 Å². The van der Waals surface area contributed by atoms with Gasteiger partial charge in [0.1, 0.15) is 34.4 Å². The Bertz CT molecular complexity index is 887. The number of methoxy groups -OCH3 is 4. The number of benzene rings is 2. The molecule has 6 nitrogen and oxygen atoms in total. The lowest BCUT2D eigenvalue weighted by atomic mass is 10.2. The predicted octanol–water partition coefficient (Wildman–Crippen LogP) is 3.21. The molecule has 0 saturated carbocycles. The molecule has 1 heterocycles. The summed E-state index contributed by atoms with van der Waals surface area (Å²) in [5.41, 5.74) is 3.84. The summed E-state index contributed by atoms with van der Waals surface area (Å²) in [5, 5.41) is 0. The third-order valence-electron chi connectivity index (χ3n) is 4.65. The Kier molecular flexibility index (Phi) is 5.26. The first-order chi connectivity index (χ1) is 13.0. The normalized spacial score (nSPS) is 10.6. The van der Waals surface area contributed by atoms with Crippen molar-refractivity contribution in [2.45, 2.75) is 13.8 Å². The number of ether oxygens (including phenoxy) is 4. The lowest BCUT2D eigenvalue weighted by Crippen LogP contribution is -2.32. The van der Waals surface area contributed by atoms with Crippen molar-refractivity contribution in [3.8, 4) is 34.4 Å². The zero-order valence-electron chi connectivity index (χ0n) is 16.5. The Morgan fingerprint density at radius 1 is 0.778 bits per heavy atom. The van der Waals surface area contributed by atoms with Crippen LogP contribution < -0.4 is 23.5 Å². The molecular weight excluding hydrogens is 344 g/mol. The van der Waals surface area contributed by atoms with Crippen molar-refractivity contribution in [3.63, 3.8) is 0 Å². The minimum absolute atomic E-state index is 0.706. The molecule has 0 saturated heterocycles. The van der Waals surface area contributed by atoms with Gasteiger partial charge in [-0.05, 0) is 38.1 Å². The van der Waals surface area contributed by atoms with Crippen LogP contribution in [0.25, 0.3) is 11.4 Å².